The lowest BCUT2D eigenvalue weighted by atomic mass is 10.1. The van der Waals surface area contributed by atoms with Crippen molar-refractivity contribution in [2.24, 2.45) is 0 Å². The van der Waals surface area contributed by atoms with Crippen LogP contribution in [0.5, 0.6) is 5.75 Å². The minimum atomic E-state index is -1.30. The van der Waals surface area contributed by atoms with E-state index in [4.69, 9.17) is 9.47 Å². The number of nitrogens with zero attached hydrogens (tertiary/aromatic N) is 4. The minimum Gasteiger partial charge on any atom is -0.508 e. The van der Waals surface area contributed by atoms with Gasteiger partial charge in [0.1, 0.15) is 36.4 Å². The summed E-state index contributed by atoms with van der Waals surface area (Å²) in [5, 5.41) is 42.3. The molecule has 12 nitrogen and oxygen atoms in total. The lowest BCUT2D eigenvalue weighted by molar-refractivity contribution is -0.144. The zero-order valence-corrected chi connectivity index (χ0v) is 17.8. The fraction of sp³-hybridized carbons (Fsp3) is 0.429. The molecule has 1 saturated heterocycles. The third-order valence-corrected chi connectivity index (χ3v) is 5.41. The molecule has 3 heterocycles. The zero-order chi connectivity index (χ0) is 23.5. The van der Waals surface area contributed by atoms with Crippen molar-refractivity contribution < 1.29 is 34.7 Å². The fourth-order valence-electron chi connectivity index (χ4n) is 3.72. The van der Waals surface area contributed by atoms with Crippen molar-refractivity contribution in [3.63, 3.8) is 0 Å². The van der Waals surface area contributed by atoms with Gasteiger partial charge in [-0.3, -0.25) is 4.57 Å². The van der Waals surface area contributed by atoms with E-state index in [0.29, 0.717) is 11.2 Å². The van der Waals surface area contributed by atoms with E-state index in [9.17, 15) is 25.2 Å². The number of anilines is 1. The van der Waals surface area contributed by atoms with Gasteiger partial charge in [-0.15, -0.1) is 0 Å². The predicted octanol–water partition coefficient (Wildman–Crippen LogP) is -0.270. The van der Waals surface area contributed by atoms with E-state index < -0.39 is 43.2 Å². The van der Waals surface area contributed by atoms with Gasteiger partial charge in [-0.1, -0.05) is 12.1 Å². The number of phenolic OH excluding ortho intramolecular Hbond substituents is 1. The third kappa shape index (κ3) is 4.59. The highest BCUT2D eigenvalue weighted by molar-refractivity contribution is 5.86. The molecule has 1 aliphatic heterocycles. The Balaban J connectivity index is 1.62. The van der Waals surface area contributed by atoms with Gasteiger partial charge in [0, 0.05) is 6.42 Å². The Kier molecular flexibility index (Phi) is 6.70. The van der Waals surface area contributed by atoms with Crippen LogP contribution in [0.4, 0.5) is 5.82 Å². The molecule has 1 aliphatic rings. The Hall–Kier alpha value is -3.32. The molecule has 0 aliphatic carbocycles. The summed E-state index contributed by atoms with van der Waals surface area (Å²) in [6.07, 6.45) is -1.61. The van der Waals surface area contributed by atoms with Gasteiger partial charge in [0.2, 0.25) is 0 Å². The molecule has 3 aromatic rings. The number of carbonyl (C=O) groups excluding carboxylic acids is 1. The summed E-state index contributed by atoms with van der Waals surface area (Å²) in [6.45, 7) is 1.45. The van der Waals surface area contributed by atoms with Gasteiger partial charge in [-0.05, 0) is 24.6 Å². The van der Waals surface area contributed by atoms with E-state index in [-0.39, 0.29) is 24.6 Å². The SMILES string of the molecule is CCOC(=O)[C@@H](Cc1ccc(O)cc1)Nc1ncnc2c1ncn2[C@@H]1O[C@H](CO)C(O)[C@@H]1O. The third-order valence-electron chi connectivity index (χ3n) is 5.41. The van der Waals surface area contributed by atoms with E-state index in [1.165, 1.54) is 29.4 Å². The summed E-state index contributed by atoms with van der Waals surface area (Å²) in [4.78, 5) is 25.3. The van der Waals surface area contributed by atoms with Gasteiger partial charge < -0.3 is 35.2 Å². The maximum absolute atomic E-state index is 12.6. The molecule has 33 heavy (non-hydrogen) atoms. The van der Waals surface area contributed by atoms with Crippen LogP contribution in [0.25, 0.3) is 11.2 Å². The molecule has 5 atom stereocenters. The molecule has 12 heteroatoms. The number of hydrogen-bond acceptors (Lipinski definition) is 11. The maximum Gasteiger partial charge on any atom is 0.328 e. The van der Waals surface area contributed by atoms with Crippen LogP contribution >= 0.6 is 0 Å². The van der Waals surface area contributed by atoms with E-state index in [0.717, 1.165) is 5.56 Å². The summed E-state index contributed by atoms with van der Waals surface area (Å²) in [5.74, 6) is -0.102. The second-order valence-corrected chi connectivity index (χ2v) is 7.59. The van der Waals surface area contributed by atoms with Crippen molar-refractivity contribution in [2.45, 2.75) is 43.9 Å². The summed E-state index contributed by atoms with van der Waals surface area (Å²) >= 11 is 0. The van der Waals surface area contributed by atoms with Gasteiger partial charge in [-0.25, -0.2) is 19.7 Å². The molecule has 4 rings (SSSR count). The molecule has 1 unspecified atom stereocenters. The first-order valence-electron chi connectivity index (χ1n) is 10.4. The average molecular weight is 459 g/mol. The lowest BCUT2D eigenvalue weighted by Crippen LogP contribution is -2.34. The first-order valence-corrected chi connectivity index (χ1v) is 10.4. The maximum atomic E-state index is 12.6. The zero-order valence-electron chi connectivity index (χ0n) is 17.8. The number of aromatic nitrogens is 4. The Labute approximate surface area is 188 Å². The van der Waals surface area contributed by atoms with Crippen LogP contribution < -0.4 is 5.32 Å². The number of rotatable bonds is 8. The van der Waals surface area contributed by atoms with E-state index in [2.05, 4.69) is 20.3 Å². The summed E-state index contributed by atoms with van der Waals surface area (Å²) in [5.41, 5.74) is 1.41. The fourth-order valence-corrected chi connectivity index (χ4v) is 3.72. The van der Waals surface area contributed by atoms with Gasteiger partial charge in [0.05, 0.1) is 19.5 Å². The van der Waals surface area contributed by atoms with Gasteiger partial charge in [0.25, 0.3) is 0 Å². The van der Waals surface area contributed by atoms with Gasteiger partial charge in [-0.2, -0.15) is 0 Å². The second kappa shape index (κ2) is 9.67. The Morgan fingerprint density at radius 1 is 1.21 bits per heavy atom. The molecule has 5 N–H and O–H groups in total. The Morgan fingerprint density at radius 3 is 2.64 bits per heavy atom. The van der Waals surface area contributed by atoms with Gasteiger partial charge in [0.15, 0.2) is 23.2 Å². The molecule has 0 radical (unpaired) electrons. The topological polar surface area (TPSA) is 172 Å². The number of imidazole rings is 1. The highest BCUT2D eigenvalue weighted by Gasteiger charge is 2.44. The van der Waals surface area contributed by atoms with E-state index >= 15 is 0 Å². The molecule has 1 fully saturated rings. The number of fused-ring (bicyclic) bond motifs is 1. The van der Waals surface area contributed by atoms with Gasteiger partial charge >= 0.3 is 5.97 Å². The molecule has 176 valence electrons. The monoisotopic (exact) mass is 459 g/mol. The molecule has 0 amide bonds. The number of phenols is 1. The molecule has 0 bridgehead atoms. The molecule has 1 aromatic carbocycles. The highest BCUT2D eigenvalue weighted by atomic mass is 16.6. The summed E-state index contributed by atoms with van der Waals surface area (Å²) in [7, 11) is 0. The standard InChI is InChI=1S/C21H25N5O7/c1-2-32-21(31)13(7-11-3-5-12(28)6-4-11)25-18-15-19(23-9-22-18)26(10-24-15)20-17(30)16(29)14(8-27)33-20/h3-6,9-10,13-14,16-17,20,27-30H,2,7-8H2,1H3,(H,22,23,25)/t13-,14-,16?,17+,20-/m1/s1. The number of ether oxygens (including phenoxy) is 2. The molecule has 2 aromatic heterocycles. The van der Waals surface area contributed by atoms with E-state index in [1.807, 2.05) is 0 Å². The molecular formula is C21H25N5O7. The van der Waals surface area contributed by atoms with Crippen molar-refractivity contribution in [3.05, 3.63) is 42.5 Å². The quantitative estimate of drug-likeness (QED) is 0.281. The number of hydrogen-bond donors (Lipinski definition) is 5. The number of aliphatic hydroxyl groups is 3. The Bertz CT molecular complexity index is 1110. The predicted molar refractivity (Wildman–Crippen MR) is 114 cm³/mol. The number of esters is 1. The van der Waals surface area contributed by atoms with Crippen LogP contribution in [-0.2, 0) is 20.7 Å². The Morgan fingerprint density at radius 2 is 1.97 bits per heavy atom. The smallest absolute Gasteiger partial charge is 0.328 e. The van der Waals surface area contributed by atoms with Crippen LogP contribution in [0.2, 0.25) is 0 Å². The van der Waals surface area contributed by atoms with Crippen LogP contribution in [-0.4, -0.2) is 83.5 Å². The lowest BCUT2D eigenvalue weighted by Gasteiger charge is -2.19. The average Bonchev–Trinajstić information content (AvgIpc) is 3.36. The highest BCUT2D eigenvalue weighted by Crippen LogP contribution is 2.32. The minimum absolute atomic E-state index is 0.118. The normalized spacial score (nSPS) is 23.5. The largest absolute Gasteiger partial charge is 0.508 e. The van der Waals surface area contributed by atoms with Crippen molar-refractivity contribution in [3.8, 4) is 5.75 Å². The van der Waals surface area contributed by atoms with Crippen molar-refractivity contribution in [1.29, 1.82) is 0 Å². The van der Waals surface area contributed by atoms with E-state index in [1.54, 1.807) is 19.1 Å². The number of aliphatic hydroxyl groups excluding tert-OH is 3. The number of nitrogens with one attached hydrogen (secondary N) is 1. The number of carbonyl (C=O) groups is 1. The number of benzene rings is 1. The molecular weight excluding hydrogens is 434 g/mol. The summed E-state index contributed by atoms with van der Waals surface area (Å²) in [6, 6.07) is 5.67. The first kappa shape index (κ1) is 22.9. The first-order chi connectivity index (χ1) is 15.9. The summed E-state index contributed by atoms with van der Waals surface area (Å²) < 4.78 is 12.2. The van der Waals surface area contributed by atoms with Crippen molar-refractivity contribution >= 4 is 23.0 Å². The van der Waals surface area contributed by atoms with Crippen LogP contribution in [0, 0.1) is 0 Å². The molecule has 0 spiro atoms. The van der Waals surface area contributed by atoms with Crippen LogP contribution in [0.3, 0.4) is 0 Å². The van der Waals surface area contributed by atoms with Crippen LogP contribution in [0.1, 0.15) is 18.7 Å². The second-order valence-electron chi connectivity index (χ2n) is 7.59. The molecule has 0 saturated carbocycles. The number of aromatic hydroxyl groups is 1. The van der Waals surface area contributed by atoms with Crippen LogP contribution in [0.15, 0.2) is 36.9 Å². The van der Waals surface area contributed by atoms with Crippen molar-refractivity contribution in [2.75, 3.05) is 18.5 Å². The van der Waals surface area contributed by atoms with Crippen molar-refractivity contribution in [1.82, 2.24) is 19.5 Å².